The Morgan fingerprint density at radius 1 is 1.43 bits per heavy atom. The molecule has 1 aromatic heterocycles. The van der Waals surface area contributed by atoms with Crippen LogP contribution in [0, 0.1) is 5.92 Å². The number of aromatic nitrogens is 1. The van der Waals surface area contributed by atoms with Gasteiger partial charge in [-0.1, -0.05) is 30.5 Å². The molecule has 5 nitrogen and oxygen atoms in total. The second-order valence-electron chi connectivity index (χ2n) is 6.95. The molecule has 1 amide bonds. The van der Waals surface area contributed by atoms with E-state index in [1.807, 2.05) is 18.3 Å². The maximum absolute atomic E-state index is 12.3. The number of likely N-dealkylation sites (tertiary alicyclic amines) is 1. The third-order valence-corrected chi connectivity index (χ3v) is 5.29. The summed E-state index contributed by atoms with van der Waals surface area (Å²) in [6.07, 6.45) is 6.71. The van der Waals surface area contributed by atoms with Gasteiger partial charge in [0.2, 0.25) is 5.91 Å². The van der Waals surface area contributed by atoms with E-state index in [1.165, 1.54) is 5.56 Å². The van der Waals surface area contributed by atoms with Crippen LogP contribution in [0.3, 0.4) is 0 Å². The molecule has 0 spiro atoms. The predicted octanol–water partition coefficient (Wildman–Crippen LogP) is 1.94. The first-order chi connectivity index (χ1) is 11.0. The fourth-order valence-electron chi connectivity index (χ4n) is 3.63. The molecule has 1 atom stereocenters. The van der Waals surface area contributed by atoms with Crippen LogP contribution in [0.4, 0.5) is 0 Å². The number of amides is 1. The van der Waals surface area contributed by atoms with Crippen LogP contribution in [0.2, 0.25) is 5.15 Å². The summed E-state index contributed by atoms with van der Waals surface area (Å²) in [6.45, 7) is 3.67. The molecule has 1 aromatic rings. The van der Waals surface area contributed by atoms with Crippen LogP contribution < -0.4 is 11.1 Å². The van der Waals surface area contributed by atoms with Crippen molar-refractivity contribution in [1.29, 1.82) is 0 Å². The van der Waals surface area contributed by atoms with Gasteiger partial charge in [-0.05, 0) is 43.4 Å². The second kappa shape index (κ2) is 7.16. The number of carbonyl (C=O) groups is 1. The number of hydrogen-bond acceptors (Lipinski definition) is 4. The standard InChI is InChI=1S/C17H25ClN4O/c18-15-4-3-13(9-20-15)11-22-8-5-14(12-22)10-21-16(23)17(19)6-1-2-7-17/h3-4,9,14H,1-2,5-8,10-12,19H2,(H,21,23)/t14-/m0/s1. The van der Waals surface area contributed by atoms with Crippen molar-refractivity contribution in [3.8, 4) is 0 Å². The van der Waals surface area contributed by atoms with Crippen LogP contribution >= 0.6 is 11.6 Å². The highest BCUT2D eigenvalue weighted by Gasteiger charge is 2.37. The van der Waals surface area contributed by atoms with Crippen LogP contribution in [0.1, 0.15) is 37.7 Å². The normalized spacial score (nSPS) is 24.0. The van der Waals surface area contributed by atoms with Crippen molar-refractivity contribution >= 4 is 17.5 Å². The zero-order valence-electron chi connectivity index (χ0n) is 13.4. The van der Waals surface area contributed by atoms with Gasteiger partial charge in [0.1, 0.15) is 5.15 Å². The molecule has 126 valence electrons. The molecule has 0 bridgehead atoms. The van der Waals surface area contributed by atoms with Crippen LogP contribution in [-0.4, -0.2) is 41.0 Å². The summed E-state index contributed by atoms with van der Waals surface area (Å²) >= 11 is 5.81. The number of rotatable bonds is 5. The van der Waals surface area contributed by atoms with Gasteiger partial charge in [0, 0.05) is 25.8 Å². The van der Waals surface area contributed by atoms with Crippen molar-refractivity contribution in [2.24, 2.45) is 11.7 Å². The monoisotopic (exact) mass is 336 g/mol. The van der Waals surface area contributed by atoms with Crippen molar-refractivity contribution in [3.63, 3.8) is 0 Å². The van der Waals surface area contributed by atoms with Gasteiger partial charge in [0.25, 0.3) is 0 Å². The Labute approximate surface area is 142 Å². The number of nitrogens with zero attached hydrogens (tertiary/aromatic N) is 2. The van der Waals surface area contributed by atoms with Gasteiger partial charge >= 0.3 is 0 Å². The lowest BCUT2D eigenvalue weighted by Crippen LogP contribution is -2.52. The summed E-state index contributed by atoms with van der Waals surface area (Å²) in [5.41, 5.74) is 6.74. The minimum atomic E-state index is -0.618. The van der Waals surface area contributed by atoms with E-state index in [4.69, 9.17) is 17.3 Å². The summed E-state index contributed by atoms with van der Waals surface area (Å²) in [4.78, 5) is 18.8. The van der Waals surface area contributed by atoms with E-state index in [-0.39, 0.29) is 5.91 Å². The molecule has 1 saturated carbocycles. The molecule has 6 heteroatoms. The molecule has 0 unspecified atom stereocenters. The first-order valence-corrected chi connectivity index (χ1v) is 8.83. The zero-order chi connectivity index (χ0) is 16.3. The third kappa shape index (κ3) is 4.22. The lowest BCUT2D eigenvalue weighted by molar-refractivity contribution is -0.126. The number of halogens is 1. The van der Waals surface area contributed by atoms with E-state index >= 15 is 0 Å². The van der Waals surface area contributed by atoms with E-state index in [2.05, 4.69) is 15.2 Å². The maximum atomic E-state index is 12.3. The highest BCUT2D eigenvalue weighted by atomic mass is 35.5. The molecule has 0 radical (unpaired) electrons. The highest BCUT2D eigenvalue weighted by Crippen LogP contribution is 2.27. The van der Waals surface area contributed by atoms with Gasteiger partial charge in [-0.3, -0.25) is 9.69 Å². The SMILES string of the molecule is NC1(C(=O)NC[C@@H]2CCN(Cc3ccc(Cl)nc3)C2)CCCC1. The smallest absolute Gasteiger partial charge is 0.240 e. The maximum Gasteiger partial charge on any atom is 0.240 e. The molecule has 1 aliphatic carbocycles. The summed E-state index contributed by atoms with van der Waals surface area (Å²) in [5, 5.41) is 3.60. The molecule has 3 N–H and O–H groups in total. The van der Waals surface area contributed by atoms with Gasteiger partial charge in [0.15, 0.2) is 0 Å². The zero-order valence-corrected chi connectivity index (χ0v) is 14.2. The Morgan fingerprint density at radius 3 is 2.91 bits per heavy atom. The Bertz CT molecular complexity index is 542. The molecule has 2 heterocycles. The lowest BCUT2D eigenvalue weighted by atomic mass is 9.97. The number of pyridine rings is 1. The van der Waals surface area contributed by atoms with Crippen molar-refractivity contribution < 1.29 is 4.79 Å². The van der Waals surface area contributed by atoms with E-state index in [9.17, 15) is 4.79 Å². The number of carbonyl (C=O) groups excluding carboxylic acids is 1. The minimum absolute atomic E-state index is 0.0374. The molecule has 3 rings (SSSR count). The fourth-order valence-corrected chi connectivity index (χ4v) is 3.74. The van der Waals surface area contributed by atoms with Crippen molar-refractivity contribution in [2.45, 2.75) is 44.2 Å². The highest BCUT2D eigenvalue weighted by molar-refractivity contribution is 6.29. The molecular formula is C17H25ClN4O. The Morgan fingerprint density at radius 2 is 2.22 bits per heavy atom. The van der Waals surface area contributed by atoms with Gasteiger partial charge in [-0.2, -0.15) is 0 Å². The van der Waals surface area contributed by atoms with Gasteiger partial charge in [-0.15, -0.1) is 0 Å². The lowest BCUT2D eigenvalue weighted by Gasteiger charge is -2.23. The molecule has 0 aromatic carbocycles. The average molecular weight is 337 g/mol. The summed E-state index contributed by atoms with van der Waals surface area (Å²) < 4.78 is 0. The van der Waals surface area contributed by atoms with E-state index in [1.54, 1.807) is 0 Å². The van der Waals surface area contributed by atoms with Crippen molar-refractivity contribution in [1.82, 2.24) is 15.2 Å². The van der Waals surface area contributed by atoms with Crippen LogP contribution in [0.25, 0.3) is 0 Å². The molecule has 2 fully saturated rings. The van der Waals surface area contributed by atoms with Crippen LogP contribution in [0.15, 0.2) is 18.3 Å². The molecular weight excluding hydrogens is 312 g/mol. The average Bonchev–Trinajstić information content (AvgIpc) is 3.17. The summed E-state index contributed by atoms with van der Waals surface area (Å²) in [5.74, 6) is 0.541. The van der Waals surface area contributed by atoms with Gasteiger partial charge < -0.3 is 11.1 Å². The molecule has 2 aliphatic rings. The molecule has 1 aliphatic heterocycles. The first-order valence-electron chi connectivity index (χ1n) is 8.45. The van der Waals surface area contributed by atoms with E-state index in [0.717, 1.165) is 58.3 Å². The van der Waals surface area contributed by atoms with Gasteiger partial charge in [-0.25, -0.2) is 4.98 Å². The van der Waals surface area contributed by atoms with Crippen molar-refractivity contribution in [2.75, 3.05) is 19.6 Å². The van der Waals surface area contributed by atoms with Crippen molar-refractivity contribution in [3.05, 3.63) is 29.0 Å². The number of nitrogens with two attached hydrogens (primary N) is 1. The Balaban J connectivity index is 1.43. The topological polar surface area (TPSA) is 71.2 Å². The Kier molecular flexibility index (Phi) is 5.19. The second-order valence-corrected chi connectivity index (χ2v) is 7.34. The third-order valence-electron chi connectivity index (χ3n) is 5.06. The largest absolute Gasteiger partial charge is 0.354 e. The predicted molar refractivity (Wildman–Crippen MR) is 91.0 cm³/mol. The first kappa shape index (κ1) is 16.7. The molecule has 23 heavy (non-hydrogen) atoms. The Hall–Kier alpha value is -1.17. The van der Waals surface area contributed by atoms with E-state index in [0.29, 0.717) is 11.1 Å². The summed E-state index contributed by atoms with van der Waals surface area (Å²) in [7, 11) is 0. The van der Waals surface area contributed by atoms with Crippen LogP contribution in [0.5, 0.6) is 0 Å². The number of nitrogens with one attached hydrogen (secondary N) is 1. The fraction of sp³-hybridized carbons (Fsp3) is 0.647. The van der Waals surface area contributed by atoms with E-state index < -0.39 is 5.54 Å². The quantitative estimate of drug-likeness (QED) is 0.806. The number of hydrogen-bond donors (Lipinski definition) is 2. The minimum Gasteiger partial charge on any atom is -0.354 e. The molecule has 1 saturated heterocycles. The summed E-state index contributed by atoms with van der Waals surface area (Å²) in [6, 6.07) is 3.84. The van der Waals surface area contributed by atoms with Crippen LogP contribution in [-0.2, 0) is 11.3 Å². The van der Waals surface area contributed by atoms with Gasteiger partial charge in [0.05, 0.1) is 5.54 Å².